The summed E-state index contributed by atoms with van der Waals surface area (Å²) >= 11 is 0. The summed E-state index contributed by atoms with van der Waals surface area (Å²) in [7, 11) is 0. The Morgan fingerprint density at radius 2 is 1.50 bits per heavy atom. The van der Waals surface area contributed by atoms with Crippen molar-refractivity contribution >= 4 is 11.8 Å². The molecule has 4 nitrogen and oxygen atoms in total. The van der Waals surface area contributed by atoms with E-state index in [0.29, 0.717) is 24.8 Å². The summed E-state index contributed by atoms with van der Waals surface area (Å²) < 4.78 is 0. The van der Waals surface area contributed by atoms with E-state index in [1.54, 1.807) is 0 Å². The summed E-state index contributed by atoms with van der Waals surface area (Å²) in [5, 5.41) is 6.03. The Morgan fingerprint density at radius 3 is 2.12 bits per heavy atom. The lowest BCUT2D eigenvalue weighted by Crippen LogP contribution is -2.51. The largest absolute Gasteiger partial charge is 0.355 e. The highest BCUT2D eigenvalue weighted by atomic mass is 16.2. The molecule has 0 aliphatic heterocycles. The van der Waals surface area contributed by atoms with Gasteiger partial charge in [0.05, 0.1) is 6.42 Å². The van der Waals surface area contributed by atoms with Gasteiger partial charge in [-0.05, 0) is 67.3 Å². The molecule has 140 valence electrons. The minimum atomic E-state index is -0.0231. The van der Waals surface area contributed by atoms with Crippen LogP contribution in [0.4, 0.5) is 0 Å². The number of carbonyl (C=O) groups excluding carboxylic acids is 2. The van der Waals surface area contributed by atoms with Gasteiger partial charge in [0.1, 0.15) is 0 Å². The van der Waals surface area contributed by atoms with Gasteiger partial charge in [0, 0.05) is 19.5 Å². The number of benzene rings is 1. The number of amides is 2. The zero-order valence-corrected chi connectivity index (χ0v) is 15.5. The maximum absolute atomic E-state index is 12.2. The first kappa shape index (κ1) is 17.6. The van der Waals surface area contributed by atoms with Crippen molar-refractivity contribution in [2.75, 3.05) is 13.1 Å². The van der Waals surface area contributed by atoms with Crippen LogP contribution in [0, 0.1) is 23.2 Å². The molecule has 4 bridgehead atoms. The first-order valence-corrected chi connectivity index (χ1v) is 10.2. The van der Waals surface area contributed by atoms with E-state index in [2.05, 4.69) is 10.6 Å². The van der Waals surface area contributed by atoms with Crippen molar-refractivity contribution in [1.29, 1.82) is 0 Å². The number of hydrogen-bond acceptors (Lipinski definition) is 2. The average molecular weight is 354 g/mol. The summed E-state index contributed by atoms with van der Waals surface area (Å²) in [5.74, 6) is 2.78. The fourth-order valence-electron chi connectivity index (χ4n) is 6.04. The van der Waals surface area contributed by atoms with Crippen molar-refractivity contribution in [1.82, 2.24) is 10.6 Å². The average Bonchev–Trinajstić information content (AvgIpc) is 2.60. The van der Waals surface area contributed by atoms with Crippen LogP contribution in [-0.4, -0.2) is 24.9 Å². The van der Waals surface area contributed by atoms with E-state index in [4.69, 9.17) is 0 Å². The Hall–Kier alpha value is -1.84. The summed E-state index contributed by atoms with van der Waals surface area (Å²) in [6, 6.07) is 9.69. The Bertz CT molecular complexity index is 620. The van der Waals surface area contributed by atoms with Crippen LogP contribution < -0.4 is 10.6 Å². The van der Waals surface area contributed by atoms with E-state index in [9.17, 15) is 9.59 Å². The Kier molecular flexibility index (Phi) is 5.01. The molecule has 0 saturated heterocycles. The molecule has 5 rings (SSSR count). The van der Waals surface area contributed by atoms with Crippen molar-refractivity contribution in [3.05, 3.63) is 35.9 Å². The number of carbonyl (C=O) groups is 2. The van der Waals surface area contributed by atoms with Gasteiger partial charge in [-0.1, -0.05) is 30.3 Å². The summed E-state index contributed by atoms with van der Waals surface area (Å²) in [6.45, 7) is 1.26. The highest BCUT2D eigenvalue weighted by Gasteiger charge is 2.50. The molecule has 0 radical (unpaired) electrons. The predicted octanol–water partition coefficient (Wildman–Crippen LogP) is 3.07. The molecular formula is C22H30N2O2. The van der Waals surface area contributed by atoms with Gasteiger partial charge >= 0.3 is 0 Å². The lowest BCUT2D eigenvalue weighted by atomic mass is 9.49. The third-order valence-electron chi connectivity index (χ3n) is 6.71. The Labute approximate surface area is 156 Å². The molecule has 0 spiro atoms. The van der Waals surface area contributed by atoms with Gasteiger partial charge in [0.25, 0.3) is 0 Å². The van der Waals surface area contributed by atoms with Gasteiger partial charge in [-0.3, -0.25) is 9.59 Å². The SMILES string of the molecule is O=C(CCNC(=O)Cc1ccccc1)NCC12CC3CC(CC(C3)C1)C2. The molecule has 4 fully saturated rings. The normalized spacial score (nSPS) is 31.6. The van der Waals surface area contributed by atoms with Crippen LogP contribution in [0.1, 0.15) is 50.5 Å². The maximum Gasteiger partial charge on any atom is 0.224 e. The van der Waals surface area contributed by atoms with Gasteiger partial charge in [0.15, 0.2) is 0 Å². The van der Waals surface area contributed by atoms with Crippen LogP contribution >= 0.6 is 0 Å². The molecular weight excluding hydrogens is 324 g/mol. The predicted molar refractivity (Wildman–Crippen MR) is 101 cm³/mol. The molecule has 0 unspecified atom stereocenters. The monoisotopic (exact) mass is 354 g/mol. The summed E-state index contributed by atoms with van der Waals surface area (Å²) in [5.41, 5.74) is 1.37. The molecule has 2 amide bonds. The minimum absolute atomic E-state index is 0.0231. The van der Waals surface area contributed by atoms with Gasteiger partial charge in [-0.2, -0.15) is 0 Å². The van der Waals surface area contributed by atoms with E-state index >= 15 is 0 Å². The fourth-order valence-corrected chi connectivity index (χ4v) is 6.04. The minimum Gasteiger partial charge on any atom is -0.355 e. The van der Waals surface area contributed by atoms with Crippen LogP contribution in [0.5, 0.6) is 0 Å². The van der Waals surface area contributed by atoms with Crippen molar-refractivity contribution in [2.45, 2.75) is 51.4 Å². The highest BCUT2D eigenvalue weighted by Crippen LogP contribution is 2.59. The second-order valence-corrected chi connectivity index (χ2v) is 8.96. The molecule has 0 atom stereocenters. The third kappa shape index (κ3) is 4.11. The molecule has 1 aromatic rings. The molecule has 4 heteroatoms. The molecule has 0 aromatic heterocycles. The molecule has 4 saturated carbocycles. The van der Waals surface area contributed by atoms with Crippen LogP contribution in [0.15, 0.2) is 30.3 Å². The summed E-state index contributed by atoms with van der Waals surface area (Å²) in [4.78, 5) is 24.2. The van der Waals surface area contributed by atoms with E-state index in [1.807, 2.05) is 30.3 Å². The molecule has 0 heterocycles. The summed E-state index contributed by atoms with van der Waals surface area (Å²) in [6.07, 6.45) is 8.97. The van der Waals surface area contributed by atoms with Gasteiger partial charge in [-0.25, -0.2) is 0 Å². The van der Waals surface area contributed by atoms with Crippen LogP contribution in [-0.2, 0) is 16.0 Å². The zero-order valence-electron chi connectivity index (χ0n) is 15.5. The number of hydrogen-bond donors (Lipinski definition) is 2. The van der Waals surface area contributed by atoms with Crippen molar-refractivity contribution in [3.63, 3.8) is 0 Å². The fraction of sp³-hybridized carbons (Fsp3) is 0.636. The standard InChI is InChI=1S/C22H30N2O2/c25-20(6-7-23-21(26)11-16-4-2-1-3-5-16)24-15-22-12-17-8-18(13-22)10-19(9-17)14-22/h1-5,17-19H,6-15H2,(H,23,26)(H,24,25). The van der Waals surface area contributed by atoms with Crippen LogP contribution in [0.3, 0.4) is 0 Å². The van der Waals surface area contributed by atoms with E-state index in [-0.39, 0.29) is 11.8 Å². The number of rotatable bonds is 7. The maximum atomic E-state index is 12.2. The van der Waals surface area contributed by atoms with E-state index in [0.717, 1.165) is 29.9 Å². The van der Waals surface area contributed by atoms with Crippen molar-refractivity contribution in [2.24, 2.45) is 23.2 Å². The zero-order chi connectivity index (χ0) is 18.0. The molecule has 4 aliphatic rings. The highest BCUT2D eigenvalue weighted by molar-refractivity contribution is 5.80. The van der Waals surface area contributed by atoms with Crippen LogP contribution in [0.2, 0.25) is 0 Å². The Morgan fingerprint density at radius 1 is 0.885 bits per heavy atom. The lowest BCUT2D eigenvalue weighted by Gasteiger charge is -2.56. The Balaban J connectivity index is 1.16. The molecule has 26 heavy (non-hydrogen) atoms. The first-order chi connectivity index (χ1) is 12.6. The molecule has 2 N–H and O–H groups in total. The smallest absolute Gasteiger partial charge is 0.224 e. The number of nitrogens with one attached hydrogen (secondary N) is 2. The second kappa shape index (κ2) is 7.42. The first-order valence-electron chi connectivity index (χ1n) is 10.2. The molecule has 4 aliphatic carbocycles. The molecule has 1 aromatic carbocycles. The third-order valence-corrected chi connectivity index (χ3v) is 6.71. The van der Waals surface area contributed by atoms with E-state index in [1.165, 1.54) is 38.5 Å². The van der Waals surface area contributed by atoms with Crippen LogP contribution in [0.25, 0.3) is 0 Å². The second-order valence-electron chi connectivity index (χ2n) is 8.96. The van der Waals surface area contributed by atoms with Crippen molar-refractivity contribution < 1.29 is 9.59 Å². The quantitative estimate of drug-likeness (QED) is 0.791. The van der Waals surface area contributed by atoms with Gasteiger partial charge in [-0.15, -0.1) is 0 Å². The topological polar surface area (TPSA) is 58.2 Å². The van der Waals surface area contributed by atoms with Gasteiger partial charge in [0.2, 0.25) is 11.8 Å². The van der Waals surface area contributed by atoms with E-state index < -0.39 is 0 Å². The lowest BCUT2D eigenvalue weighted by molar-refractivity contribution is -0.123. The van der Waals surface area contributed by atoms with Gasteiger partial charge < -0.3 is 10.6 Å². The van der Waals surface area contributed by atoms with Crippen molar-refractivity contribution in [3.8, 4) is 0 Å².